The quantitative estimate of drug-likeness (QED) is 0.828. The molecular formula is C15H31N3O2. The van der Waals surface area contributed by atoms with Gasteiger partial charge in [-0.3, -0.25) is 4.90 Å². The number of nitrogens with one attached hydrogen (secondary N) is 1. The van der Waals surface area contributed by atoms with E-state index in [4.69, 9.17) is 10.5 Å². The molecule has 1 aliphatic heterocycles. The summed E-state index contributed by atoms with van der Waals surface area (Å²) in [4.78, 5) is 14.1. The Hall–Kier alpha value is -0.810. The number of likely N-dealkylation sites (tertiary alicyclic amines) is 1. The van der Waals surface area contributed by atoms with Crippen LogP contribution in [0.1, 0.15) is 47.5 Å². The van der Waals surface area contributed by atoms with Crippen molar-refractivity contribution in [2.45, 2.75) is 65.1 Å². The van der Waals surface area contributed by atoms with Gasteiger partial charge >= 0.3 is 6.09 Å². The monoisotopic (exact) mass is 285 g/mol. The molecule has 0 bridgehead atoms. The van der Waals surface area contributed by atoms with E-state index in [9.17, 15) is 4.79 Å². The number of nitrogens with zero attached hydrogens (tertiary/aromatic N) is 1. The third kappa shape index (κ3) is 5.67. The molecule has 0 radical (unpaired) electrons. The normalized spacial score (nSPS) is 26.1. The molecule has 3 atom stereocenters. The Morgan fingerprint density at radius 1 is 1.40 bits per heavy atom. The molecule has 1 fully saturated rings. The van der Waals surface area contributed by atoms with E-state index in [1.807, 2.05) is 20.8 Å². The van der Waals surface area contributed by atoms with Gasteiger partial charge < -0.3 is 15.8 Å². The van der Waals surface area contributed by atoms with Gasteiger partial charge in [-0.25, -0.2) is 4.79 Å². The van der Waals surface area contributed by atoms with Gasteiger partial charge in [0.25, 0.3) is 0 Å². The van der Waals surface area contributed by atoms with E-state index in [1.165, 1.54) is 12.8 Å². The van der Waals surface area contributed by atoms with Crippen LogP contribution in [0, 0.1) is 5.92 Å². The molecule has 3 N–H and O–H groups in total. The van der Waals surface area contributed by atoms with E-state index in [-0.39, 0.29) is 12.1 Å². The minimum atomic E-state index is -0.463. The highest BCUT2D eigenvalue weighted by Gasteiger charge is 2.28. The highest BCUT2D eigenvalue weighted by molar-refractivity contribution is 5.67. The van der Waals surface area contributed by atoms with Crippen LogP contribution >= 0.6 is 0 Å². The average Bonchev–Trinajstić information content (AvgIpc) is 2.32. The first-order chi connectivity index (χ1) is 9.23. The molecular weight excluding hydrogens is 254 g/mol. The molecule has 1 rings (SSSR count). The third-order valence-corrected chi connectivity index (χ3v) is 3.79. The minimum Gasteiger partial charge on any atom is -0.444 e. The van der Waals surface area contributed by atoms with Crippen LogP contribution in [0.4, 0.5) is 4.79 Å². The first-order valence-electron chi connectivity index (χ1n) is 7.65. The van der Waals surface area contributed by atoms with E-state index in [0.29, 0.717) is 25.0 Å². The molecule has 0 aliphatic carbocycles. The van der Waals surface area contributed by atoms with E-state index in [1.54, 1.807) is 0 Å². The third-order valence-electron chi connectivity index (χ3n) is 3.79. The lowest BCUT2D eigenvalue weighted by Gasteiger charge is -2.41. The molecule has 0 aromatic heterocycles. The van der Waals surface area contributed by atoms with Gasteiger partial charge in [0.1, 0.15) is 5.60 Å². The summed E-state index contributed by atoms with van der Waals surface area (Å²) in [6.45, 7) is 12.2. The van der Waals surface area contributed by atoms with Gasteiger partial charge in [0, 0.05) is 31.7 Å². The van der Waals surface area contributed by atoms with Gasteiger partial charge in [0.15, 0.2) is 0 Å². The summed E-state index contributed by atoms with van der Waals surface area (Å²) in [7, 11) is 0. The van der Waals surface area contributed by atoms with Crippen molar-refractivity contribution < 1.29 is 9.53 Å². The molecule has 0 aromatic carbocycles. The van der Waals surface area contributed by atoms with Crippen LogP contribution in [-0.4, -0.2) is 48.3 Å². The van der Waals surface area contributed by atoms with Crippen LogP contribution in [-0.2, 0) is 4.74 Å². The van der Waals surface area contributed by atoms with Crippen molar-refractivity contribution in [3.05, 3.63) is 0 Å². The molecule has 1 aliphatic rings. The number of amides is 1. The second-order valence-electron chi connectivity index (χ2n) is 7.00. The van der Waals surface area contributed by atoms with Gasteiger partial charge in [-0.05, 0) is 46.5 Å². The molecule has 5 nitrogen and oxygen atoms in total. The maximum absolute atomic E-state index is 11.7. The fraction of sp³-hybridized carbons (Fsp3) is 0.933. The second-order valence-corrected chi connectivity index (χ2v) is 7.00. The maximum atomic E-state index is 11.7. The first-order valence-corrected chi connectivity index (χ1v) is 7.65. The van der Waals surface area contributed by atoms with Gasteiger partial charge in [0.05, 0.1) is 0 Å². The van der Waals surface area contributed by atoms with Gasteiger partial charge in [-0.15, -0.1) is 0 Å². The zero-order chi connectivity index (χ0) is 15.3. The molecule has 0 spiro atoms. The smallest absolute Gasteiger partial charge is 0.407 e. The van der Waals surface area contributed by atoms with Crippen molar-refractivity contribution in [3.63, 3.8) is 0 Å². The lowest BCUT2D eigenvalue weighted by atomic mass is 9.93. The van der Waals surface area contributed by atoms with Gasteiger partial charge in [-0.2, -0.15) is 0 Å². The fourth-order valence-electron chi connectivity index (χ4n) is 2.68. The summed E-state index contributed by atoms with van der Waals surface area (Å²) >= 11 is 0. The number of hydrogen-bond donors (Lipinski definition) is 2. The SMILES string of the molecule is CC1CCC(C)N(C(CN)CNC(=O)OC(C)(C)C)C1. The predicted molar refractivity (Wildman–Crippen MR) is 81.6 cm³/mol. The second kappa shape index (κ2) is 7.27. The van der Waals surface area contributed by atoms with Crippen LogP contribution in [0.15, 0.2) is 0 Å². The van der Waals surface area contributed by atoms with E-state index in [2.05, 4.69) is 24.1 Å². The highest BCUT2D eigenvalue weighted by atomic mass is 16.6. The fourth-order valence-corrected chi connectivity index (χ4v) is 2.68. The Kier molecular flexibility index (Phi) is 6.27. The van der Waals surface area contributed by atoms with Crippen LogP contribution < -0.4 is 11.1 Å². The van der Waals surface area contributed by atoms with Crippen molar-refractivity contribution in [2.75, 3.05) is 19.6 Å². The topological polar surface area (TPSA) is 67.6 Å². The summed E-state index contributed by atoms with van der Waals surface area (Å²) < 4.78 is 5.26. The largest absolute Gasteiger partial charge is 0.444 e. The number of carbonyl (C=O) groups is 1. The lowest BCUT2D eigenvalue weighted by Crippen LogP contribution is -2.54. The molecule has 1 saturated heterocycles. The Morgan fingerprint density at radius 3 is 2.60 bits per heavy atom. The summed E-state index contributed by atoms with van der Waals surface area (Å²) in [6, 6.07) is 0.709. The molecule has 0 saturated carbocycles. The standard InChI is InChI=1S/C15H31N3O2/c1-11-6-7-12(2)18(10-11)13(8-16)9-17-14(19)20-15(3,4)5/h11-13H,6-10,16H2,1-5H3,(H,17,19). The Morgan fingerprint density at radius 2 is 2.05 bits per heavy atom. The van der Waals surface area contributed by atoms with Crippen molar-refractivity contribution in [3.8, 4) is 0 Å². The Bertz CT molecular complexity index is 315. The zero-order valence-corrected chi connectivity index (χ0v) is 13.6. The Labute approximate surface area is 123 Å². The molecule has 118 valence electrons. The number of carbonyl (C=O) groups excluding carboxylic acids is 1. The average molecular weight is 285 g/mol. The predicted octanol–water partition coefficient (Wildman–Crippen LogP) is 1.96. The molecule has 3 unspecified atom stereocenters. The minimum absolute atomic E-state index is 0.181. The number of rotatable bonds is 4. The Balaban J connectivity index is 2.48. The van der Waals surface area contributed by atoms with E-state index < -0.39 is 5.60 Å². The molecule has 0 aromatic rings. The van der Waals surface area contributed by atoms with Gasteiger partial charge in [0.2, 0.25) is 0 Å². The first kappa shape index (κ1) is 17.2. The maximum Gasteiger partial charge on any atom is 0.407 e. The van der Waals surface area contributed by atoms with Crippen molar-refractivity contribution in [1.82, 2.24) is 10.2 Å². The van der Waals surface area contributed by atoms with E-state index >= 15 is 0 Å². The van der Waals surface area contributed by atoms with Crippen LogP contribution in [0.5, 0.6) is 0 Å². The number of ether oxygens (including phenoxy) is 1. The highest BCUT2D eigenvalue weighted by Crippen LogP contribution is 2.23. The van der Waals surface area contributed by atoms with Crippen molar-refractivity contribution >= 4 is 6.09 Å². The van der Waals surface area contributed by atoms with Crippen LogP contribution in [0.2, 0.25) is 0 Å². The van der Waals surface area contributed by atoms with E-state index in [0.717, 1.165) is 6.54 Å². The van der Waals surface area contributed by atoms with Gasteiger partial charge in [-0.1, -0.05) is 6.92 Å². The number of piperidine rings is 1. The van der Waals surface area contributed by atoms with Crippen LogP contribution in [0.3, 0.4) is 0 Å². The summed E-state index contributed by atoms with van der Waals surface area (Å²) in [5, 5.41) is 2.84. The summed E-state index contributed by atoms with van der Waals surface area (Å²) in [6.07, 6.45) is 2.10. The number of hydrogen-bond acceptors (Lipinski definition) is 4. The lowest BCUT2D eigenvalue weighted by molar-refractivity contribution is 0.0459. The van der Waals surface area contributed by atoms with Crippen LogP contribution in [0.25, 0.3) is 0 Å². The summed E-state index contributed by atoms with van der Waals surface area (Å²) in [5.41, 5.74) is 5.43. The molecule has 5 heteroatoms. The number of alkyl carbamates (subject to hydrolysis) is 1. The van der Waals surface area contributed by atoms with Crippen molar-refractivity contribution in [1.29, 1.82) is 0 Å². The zero-order valence-electron chi connectivity index (χ0n) is 13.6. The summed E-state index contributed by atoms with van der Waals surface area (Å²) in [5.74, 6) is 0.696. The number of nitrogens with two attached hydrogens (primary N) is 1. The molecule has 20 heavy (non-hydrogen) atoms. The molecule has 1 amide bonds. The molecule has 1 heterocycles. The van der Waals surface area contributed by atoms with Crippen molar-refractivity contribution in [2.24, 2.45) is 11.7 Å².